The van der Waals surface area contributed by atoms with Gasteiger partial charge in [0.25, 0.3) is 5.91 Å². The minimum Gasteiger partial charge on any atom is -0.378 e. The highest BCUT2D eigenvalue weighted by molar-refractivity contribution is 6.30. The topological polar surface area (TPSA) is 40.0 Å². The van der Waals surface area contributed by atoms with Gasteiger partial charge in [-0.1, -0.05) is 11.6 Å². The fourth-order valence-electron chi connectivity index (χ4n) is 3.18. The molecule has 1 saturated heterocycles. The lowest BCUT2D eigenvalue weighted by molar-refractivity contribution is -0.892. The van der Waals surface area contributed by atoms with Crippen LogP contribution in [0.2, 0.25) is 5.02 Å². The molecule has 2 aromatic rings. The van der Waals surface area contributed by atoms with Crippen LogP contribution < -0.4 is 20.0 Å². The van der Waals surface area contributed by atoms with Crippen molar-refractivity contribution in [1.29, 1.82) is 0 Å². The summed E-state index contributed by atoms with van der Waals surface area (Å²) in [5.41, 5.74) is 3.16. The Bertz CT molecular complexity index is 722. The molecule has 0 unspecified atom stereocenters. The number of nitrogens with zero attached hydrogens (tertiary/aromatic N) is 2. The lowest BCUT2D eigenvalue weighted by Gasteiger charge is -2.33. The van der Waals surface area contributed by atoms with Crippen LogP contribution in [0.5, 0.6) is 0 Å². The normalized spacial score (nSPS) is 15.0. The quantitative estimate of drug-likeness (QED) is 0.838. The molecule has 3 rings (SSSR count). The standard InChI is InChI=1S/C20H25ClN4O/c1-23(2)18-9-5-17(6-10-18)22-20(26)15-24-11-13-25(14-12-24)19-7-3-16(21)4-8-19/h3-10H,11-15H2,1-2H3,(H,22,26)/p+1. The molecule has 1 heterocycles. The molecule has 5 nitrogen and oxygen atoms in total. The summed E-state index contributed by atoms with van der Waals surface area (Å²) in [5, 5.41) is 3.76. The zero-order valence-electron chi connectivity index (χ0n) is 15.3. The summed E-state index contributed by atoms with van der Waals surface area (Å²) < 4.78 is 0. The van der Waals surface area contributed by atoms with E-state index >= 15 is 0 Å². The molecule has 138 valence electrons. The van der Waals surface area contributed by atoms with Crippen LogP contribution in [0.25, 0.3) is 0 Å². The number of piperazine rings is 1. The first-order valence-corrected chi connectivity index (χ1v) is 9.30. The van der Waals surface area contributed by atoms with Crippen molar-refractivity contribution in [2.75, 3.05) is 61.9 Å². The second kappa shape index (κ2) is 8.43. The maximum absolute atomic E-state index is 12.3. The van der Waals surface area contributed by atoms with E-state index in [-0.39, 0.29) is 5.91 Å². The molecule has 26 heavy (non-hydrogen) atoms. The van der Waals surface area contributed by atoms with Crippen molar-refractivity contribution in [1.82, 2.24) is 0 Å². The van der Waals surface area contributed by atoms with Crippen LogP contribution in [0.1, 0.15) is 0 Å². The number of amides is 1. The number of carbonyl (C=O) groups is 1. The van der Waals surface area contributed by atoms with E-state index < -0.39 is 0 Å². The Kier molecular flexibility index (Phi) is 6.01. The predicted molar refractivity (Wildman–Crippen MR) is 109 cm³/mol. The summed E-state index contributed by atoms with van der Waals surface area (Å²) in [6, 6.07) is 15.9. The molecule has 0 aromatic heterocycles. The van der Waals surface area contributed by atoms with Crippen molar-refractivity contribution in [2.24, 2.45) is 0 Å². The number of benzene rings is 2. The molecule has 0 bridgehead atoms. The Morgan fingerprint density at radius 2 is 1.69 bits per heavy atom. The van der Waals surface area contributed by atoms with Gasteiger partial charge < -0.3 is 20.0 Å². The molecule has 0 spiro atoms. The van der Waals surface area contributed by atoms with Gasteiger partial charge in [0, 0.05) is 36.2 Å². The zero-order valence-corrected chi connectivity index (χ0v) is 16.1. The van der Waals surface area contributed by atoms with Crippen LogP contribution in [-0.2, 0) is 4.79 Å². The highest BCUT2D eigenvalue weighted by Gasteiger charge is 2.22. The molecule has 6 heteroatoms. The van der Waals surface area contributed by atoms with Crippen LogP contribution in [0, 0.1) is 0 Å². The van der Waals surface area contributed by atoms with E-state index in [0.717, 1.165) is 42.6 Å². The number of quaternary nitrogens is 1. The predicted octanol–water partition coefficient (Wildman–Crippen LogP) is 1.75. The van der Waals surface area contributed by atoms with Crippen molar-refractivity contribution < 1.29 is 9.69 Å². The number of nitrogens with one attached hydrogen (secondary N) is 2. The summed E-state index contributed by atoms with van der Waals surface area (Å²) in [7, 11) is 4.00. The van der Waals surface area contributed by atoms with Crippen LogP contribution in [-0.4, -0.2) is 52.7 Å². The smallest absolute Gasteiger partial charge is 0.279 e. The minimum absolute atomic E-state index is 0.0672. The summed E-state index contributed by atoms with van der Waals surface area (Å²) in [5.74, 6) is 0.0672. The second-order valence-electron chi connectivity index (χ2n) is 6.88. The third-order valence-corrected chi connectivity index (χ3v) is 4.99. The van der Waals surface area contributed by atoms with Crippen molar-refractivity contribution in [3.63, 3.8) is 0 Å². The lowest BCUT2D eigenvalue weighted by Crippen LogP contribution is -3.15. The van der Waals surface area contributed by atoms with E-state index in [1.54, 1.807) is 0 Å². The molecule has 1 aliphatic heterocycles. The van der Waals surface area contributed by atoms with E-state index in [1.165, 1.54) is 10.6 Å². The van der Waals surface area contributed by atoms with Gasteiger partial charge in [-0.2, -0.15) is 0 Å². The molecule has 1 fully saturated rings. The van der Waals surface area contributed by atoms with Crippen LogP contribution in [0.3, 0.4) is 0 Å². The molecular weight excluding hydrogens is 348 g/mol. The van der Waals surface area contributed by atoms with Gasteiger partial charge in [0.05, 0.1) is 26.2 Å². The lowest BCUT2D eigenvalue weighted by atomic mass is 10.2. The van der Waals surface area contributed by atoms with Crippen molar-refractivity contribution in [2.45, 2.75) is 0 Å². The molecule has 1 amide bonds. The van der Waals surface area contributed by atoms with Gasteiger partial charge in [0.2, 0.25) is 0 Å². The number of halogens is 1. The van der Waals surface area contributed by atoms with E-state index in [0.29, 0.717) is 6.54 Å². The highest BCUT2D eigenvalue weighted by Crippen LogP contribution is 2.18. The molecular formula is C20H26ClN4O+. The number of rotatable bonds is 5. The number of hydrogen-bond acceptors (Lipinski definition) is 3. The number of carbonyl (C=O) groups excluding carboxylic acids is 1. The average Bonchev–Trinajstić information content (AvgIpc) is 2.63. The van der Waals surface area contributed by atoms with Gasteiger partial charge in [-0.3, -0.25) is 4.79 Å². The summed E-state index contributed by atoms with van der Waals surface area (Å²) >= 11 is 5.95. The third kappa shape index (κ3) is 4.90. The van der Waals surface area contributed by atoms with E-state index in [9.17, 15) is 4.79 Å². The van der Waals surface area contributed by atoms with Gasteiger partial charge >= 0.3 is 0 Å². The first kappa shape index (κ1) is 18.5. The number of anilines is 3. The van der Waals surface area contributed by atoms with E-state index in [4.69, 9.17) is 11.6 Å². The SMILES string of the molecule is CN(C)c1ccc(NC(=O)C[NH+]2CCN(c3ccc(Cl)cc3)CC2)cc1. The van der Waals surface area contributed by atoms with E-state index in [1.807, 2.05) is 55.4 Å². The van der Waals surface area contributed by atoms with Crippen molar-refractivity contribution in [3.8, 4) is 0 Å². The molecule has 0 radical (unpaired) electrons. The monoisotopic (exact) mass is 373 g/mol. The average molecular weight is 374 g/mol. The zero-order chi connectivity index (χ0) is 18.5. The summed E-state index contributed by atoms with van der Waals surface area (Å²) in [6.07, 6.45) is 0. The fraction of sp³-hybridized carbons (Fsp3) is 0.350. The Labute approximate surface area is 160 Å². The third-order valence-electron chi connectivity index (χ3n) is 4.74. The van der Waals surface area contributed by atoms with Gasteiger partial charge in [-0.25, -0.2) is 0 Å². The molecule has 0 atom stereocenters. The maximum Gasteiger partial charge on any atom is 0.279 e. The number of hydrogen-bond donors (Lipinski definition) is 2. The largest absolute Gasteiger partial charge is 0.378 e. The Morgan fingerprint density at radius 1 is 1.08 bits per heavy atom. The Morgan fingerprint density at radius 3 is 2.27 bits per heavy atom. The van der Waals surface area contributed by atoms with Crippen LogP contribution in [0.15, 0.2) is 48.5 Å². The van der Waals surface area contributed by atoms with Gasteiger partial charge in [-0.05, 0) is 48.5 Å². The Balaban J connectivity index is 1.46. The summed E-state index contributed by atoms with van der Waals surface area (Å²) in [4.78, 5) is 18.0. The highest BCUT2D eigenvalue weighted by atomic mass is 35.5. The van der Waals surface area contributed by atoms with Crippen molar-refractivity contribution >= 4 is 34.6 Å². The van der Waals surface area contributed by atoms with E-state index in [2.05, 4.69) is 22.3 Å². The molecule has 0 saturated carbocycles. The van der Waals surface area contributed by atoms with Gasteiger partial charge in [-0.15, -0.1) is 0 Å². The van der Waals surface area contributed by atoms with Gasteiger partial charge in [0.1, 0.15) is 0 Å². The Hall–Kier alpha value is -2.24. The summed E-state index contributed by atoms with van der Waals surface area (Å²) in [6.45, 7) is 4.30. The molecule has 0 aliphatic carbocycles. The van der Waals surface area contributed by atoms with Crippen molar-refractivity contribution in [3.05, 3.63) is 53.6 Å². The first-order valence-electron chi connectivity index (χ1n) is 8.92. The molecule has 2 N–H and O–H groups in total. The first-order chi connectivity index (χ1) is 12.5. The van der Waals surface area contributed by atoms with Crippen LogP contribution >= 0.6 is 11.6 Å². The fourth-order valence-corrected chi connectivity index (χ4v) is 3.31. The molecule has 2 aromatic carbocycles. The van der Waals surface area contributed by atoms with Gasteiger partial charge in [0.15, 0.2) is 6.54 Å². The minimum atomic E-state index is 0.0672. The maximum atomic E-state index is 12.3. The molecule has 1 aliphatic rings. The van der Waals surface area contributed by atoms with Crippen LogP contribution in [0.4, 0.5) is 17.1 Å². The second-order valence-corrected chi connectivity index (χ2v) is 7.32.